The predicted octanol–water partition coefficient (Wildman–Crippen LogP) is 3.13. The van der Waals surface area contributed by atoms with Gasteiger partial charge in [0.15, 0.2) is 20.8 Å². The molecule has 1 fully saturated rings. The number of thiazole rings is 1. The Labute approximate surface area is 190 Å². The maximum atomic E-state index is 12.9. The van der Waals surface area contributed by atoms with Gasteiger partial charge >= 0.3 is 6.03 Å². The van der Waals surface area contributed by atoms with Crippen LogP contribution in [-0.4, -0.2) is 43.1 Å². The first-order chi connectivity index (χ1) is 15.1. The first-order valence-electron chi connectivity index (χ1n) is 10.2. The molecule has 3 amide bonds. The number of amides is 3. The van der Waals surface area contributed by atoms with E-state index in [-0.39, 0.29) is 18.2 Å². The maximum absolute atomic E-state index is 12.9. The normalized spacial score (nSPS) is 14.2. The zero-order valence-electron chi connectivity index (χ0n) is 17.9. The van der Waals surface area contributed by atoms with Crippen LogP contribution in [0.2, 0.25) is 0 Å². The Hall–Kier alpha value is -2.79. The third-order valence-corrected chi connectivity index (χ3v) is 6.64. The van der Waals surface area contributed by atoms with Gasteiger partial charge in [0.25, 0.3) is 0 Å². The molecule has 0 atom stereocenters. The van der Waals surface area contributed by atoms with Gasteiger partial charge in [0.2, 0.25) is 5.91 Å². The van der Waals surface area contributed by atoms with Crippen molar-refractivity contribution in [2.45, 2.75) is 39.2 Å². The predicted molar refractivity (Wildman–Crippen MR) is 124 cm³/mol. The summed E-state index contributed by atoms with van der Waals surface area (Å²) in [5, 5.41) is 9.79. The van der Waals surface area contributed by atoms with Crippen LogP contribution in [0, 0.1) is 12.8 Å². The molecule has 3 N–H and O–H groups in total. The van der Waals surface area contributed by atoms with Crippen molar-refractivity contribution >= 4 is 49.7 Å². The number of hydrogen-bond donors (Lipinski definition) is 3. The van der Waals surface area contributed by atoms with Gasteiger partial charge in [-0.3, -0.25) is 14.9 Å². The highest BCUT2D eigenvalue weighted by Crippen LogP contribution is 2.31. The van der Waals surface area contributed by atoms with Crippen molar-refractivity contribution in [3.63, 3.8) is 0 Å². The van der Waals surface area contributed by atoms with E-state index in [1.165, 1.54) is 11.3 Å². The number of benzene rings is 1. The molecule has 9 nitrogen and oxygen atoms in total. The van der Waals surface area contributed by atoms with Gasteiger partial charge in [-0.15, -0.1) is 11.3 Å². The van der Waals surface area contributed by atoms with Gasteiger partial charge in [-0.05, 0) is 31.9 Å². The summed E-state index contributed by atoms with van der Waals surface area (Å²) in [4.78, 5) is 41.2. The van der Waals surface area contributed by atoms with Crippen molar-refractivity contribution in [1.82, 2.24) is 10.3 Å². The van der Waals surface area contributed by atoms with E-state index >= 15 is 0 Å². The summed E-state index contributed by atoms with van der Waals surface area (Å²) in [5.74, 6) is -1.15. The molecular weight excluding hydrogens is 452 g/mol. The molecule has 2 aromatic rings. The van der Waals surface area contributed by atoms with Crippen molar-refractivity contribution in [2.24, 2.45) is 5.92 Å². The Balaban J connectivity index is 1.59. The van der Waals surface area contributed by atoms with Crippen LogP contribution < -0.4 is 16.0 Å². The molecule has 0 bridgehead atoms. The Bertz CT molecular complexity index is 1120. The number of anilines is 2. The summed E-state index contributed by atoms with van der Waals surface area (Å²) in [6, 6.07) is 4.83. The SMILES string of the molecule is Cc1ccc(NC(=O)Nc2nc(CNC(=O)CS(C)(=O)=O)cs2)c(C(=O)C2CCCC2)c1. The van der Waals surface area contributed by atoms with Crippen LogP contribution in [0.3, 0.4) is 0 Å². The maximum Gasteiger partial charge on any atom is 0.325 e. The minimum Gasteiger partial charge on any atom is -0.350 e. The molecule has 0 spiro atoms. The van der Waals surface area contributed by atoms with Crippen LogP contribution in [0.15, 0.2) is 23.6 Å². The number of urea groups is 1. The van der Waals surface area contributed by atoms with Crippen molar-refractivity contribution < 1.29 is 22.8 Å². The minimum absolute atomic E-state index is 0.000150. The van der Waals surface area contributed by atoms with E-state index in [1.54, 1.807) is 17.5 Å². The number of carbonyl (C=O) groups excluding carboxylic acids is 3. The van der Waals surface area contributed by atoms with Gasteiger partial charge < -0.3 is 10.6 Å². The lowest BCUT2D eigenvalue weighted by atomic mass is 9.94. The van der Waals surface area contributed by atoms with E-state index in [4.69, 9.17) is 0 Å². The zero-order valence-corrected chi connectivity index (χ0v) is 19.6. The molecule has 1 saturated carbocycles. The van der Waals surface area contributed by atoms with Gasteiger partial charge in [-0.1, -0.05) is 24.5 Å². The van der Waals surface area contributed by atoms with Crippen molar-refractivity contribution in [3.8, 4) is 0 Å². The Morgan fingerprint density at radius 1 is 1.16 bits per heavy atom. The third-order valence-electron chi connectivity index (χ3n) is 5.05. The van der Waals surface area contributed by atoms with E-state index in [1.807, 2.05) is 13.0 Å². The third kappa shape index (κ3) is 6.86. The lowest BCUT2D eigenvalue weighted by Gasteiger charge is -2.14. The fraction of sp³-hybridized carbons (Fsp3) is 0.429. The van der Waals surface area contributed by atoms with Gasteiger partial charge in [0.05, 0.1) is 17.9 Å². The number of Topliss-reactive ketones (excluding diaryl/α,β-unsaturated/α-hetero) is 1. The Morgan fingerprint density at radius 3 is 2.56 bits per heavy atom. The summed E-state index contributed by atoms with van der Waals surface area (Å²) in [6.45, 7) is 1.95. The molecule has 0 unspecified atom stereocenters. The van der Waals surface area contributed by atoms with Crippen molar-refractivity contribution in [2.75, 3.05) is 22.6 Å². The average Bonchev–Trinajstić information content (AvgIpc) is 3.38. The molecule has 1 aliphatic rings. The summed E-state index contributed by atoms with van der Waals surface area (Å²) in [7, 11) is -3.41. The van der Waals surface area contributed by atoms with Gasteiger partial charge in [0, 0.05) is 23.1 Å². The number of aryl methyl sites for hydroxylation is 1. The molecule has 1 aromatic heterocycles. The highest BCUT2D eigenvalue weighted by Gasteiger charge is 2.26. The van der Waals surface area contributed by atoms with E-state index in [2.05, 4.69) is 20.9 Å². The number of nitrogens with zero attached hydrogens (tertiary/aromatic N) is 1. The molecule has 1 aliphatic carbocycles. The molecular formula is C21H26N4O5S2. The molecule has 1 aromatic carbocycles. The highest BCUT2D eigenvalue weighted by molar-refractivity contribution is 7.91. The van der Waals surface area contributed by atoms with Crippen LogP contribution >= 0.6 is 11.3 Å². The topological polar surface area (TPSA) is 134 Å². The van der Waals surface area contributed by atoms with E-state index in [9.17, 15) is 22.8 Å². The first-order valence-corrected chi connectivity index (χ1v) is 13.2. The quantitative estimate of drug-likeness (QED) is 0.499. The first kappa shape index (κ1) is 23.9. The average molecular weight is 479 g/mol. The monoisotopic (exact) mass is 478 g/mol. The standard InChI is InChI=1S/C21H26N4O5S2/c1-13-7-8-17(16(9-13)19(27)14-5-3-4-6-14)24-20(28)25-21-23-15(11-31-21)10-22-18(26)12-32(2,29)30/h7-9,11,14H,3-6,10,12H2,1-2H3,(H,22,26)(H2,23,24,25,28). The molecule has 3 rings (SSSR count). The number of carbonyl (C=O) groups is 3. The number of nitrogens with one attached hydrogen (secondary N) is 3. The Kier molecular flexibility index (Phi) is 7.62. The van der Waals surface area contributed by atoms with Gasteiger partial charge in [0.1, 0.15) is 5.75 Å². The zero-order chi connectivity index (χ0) is 23.3. The van der Waals surface area contributed by atoms with Crippen LogP contribution in [-0.2, 0) is 21.2 Å². The number of hydrogen-bond acceptors (Lipinski definition) is 7. The van der Waals surface area contributed by atoms with Crippen LogP contribution in [0.1, 0.15) is 47.3 Å². The fourth-order valence-electron chi connectivity index (χ4n) is 3.55. The van der Waals surface area contributed by atoms with Gasteiger partial charge in [-0.2, -0.15) is 0 Å². The van der Waals surface area contributed by atoms with E-state index in [0.717, 1.165) is 37.5 Å². The lowest BCUT2D eigenvalue weighted by molar-refractivity contribution is -0.118. The second kappa shape index (κ2) is 10.2. The van der Waals surface area contributed by atoms with Crippen LogP contribution in [0.25, 0.3) is 0 Å². The Morgan fingerprint density at radius 2 is 1.88 bits per heavy atom. The lowest BCUT2D eigenvalue weighted by Crippen LogP contribution is -2.29. The van der Waals surface area contributed by atoms with Crippen molar-refractivity contribution in [1.29, 1.82) is 0 Å². The van der Waals surface area contributed by atoms with Gasteiger partial charge in [-0.25, -0.2) is 18.2 Å². The van der Waals surface area contributed by atoms with E-state index in [0.29, 0.717) is 22.1 Å². The fourth-order valence-corrected chi connectivity index (χ4v) is 4.84. The second-order valence-corrected chi connectivity index (χ2v) is 11.0. The van der Waals surface area contributed by atoms with Crippen LogP contribution in [0.4, 0.5) is 15.6 Å². The number of ketones is 1. The van der Waals surface area contributed by atoms with Crippen molar-refractivity contribution in [3.05, 3.63) is 40.4 Å². The summed E-state index contributed by atoms with van der Waals surface area (Å²) >= 11 is 1.17. The smallest absolute Gasteiger partial charge is 0.325 e. The molecule has 11 heteroatoms. The highest BCUT2D eigenvalue weighted by atomic mass is 32.2. The molecule has 1 heterocycles. The number of rotatable bonds is 8. The number of aromatic nitrogens is 1. The summed E-state index contributed by atoms with van der Waals surface area (Å²) in [5.41, 5.74) is 2.40. The molecule has 0 aliphatic heterocycles. The summed E-state index contributed by atoms with van der Waals surface area (Å²) in [6.07, 6.45) is 4.83. The minimum atomic E-state index is -3.41. The van der Waals surface area contributed by atoms with Crippen LogP contribution in [0.5, 0.6) is 0 Å². The molecule has 32 heavy (non-hydrogen) atoms. The second-order valence-electron chi connectivity index (χ2n) is 7.96. The molecule has 172 valence electrons. The molecule has 0 saturated heterocycles. The largest absolute Gasteiger partial charge is 0.350 e. The molecule has 0 radical (unpaired) electrons. The van der Waals surface area contributed by atoms with E-state index < -0.39 is 27.5 Å². The summed E-state index contributed by atoms with van der Waals surface area (Å²) < 4.78 is 22.3. The number of sulfone groups is 1.